The Morgan fingerprint density at radius 1 is 0.857 bits per heavy atom. The molecule has 4 heteroatoms. The Kier molecular flexibility index (Phi) is 38.3. The first-order valence-electron chi connectivity index (χ1n) is 1.63. The van der Waals surface area contributed by atoms with Crippen LogP contribution in [0.15, 0.2) is 0 Å². The number of aliphatic hydroxyl groups is 2. The summed E-state index contributed by atoms with van der Waals surface area (Å²) in [6.07, 6.45) is 0.500. The van der Waals surface area contributed by atoms with Crippen molar-refractivity contribution in [3.05, 3.63) is 0 Å². The molecule has 6 N–H and O–H groups in total. The number of hydrogen-bond acceptors (Lipinski definition) is 2. The van der Waals surface area contributed by atoms with Crippen molar-refractivity contribution in [3.8, 4) is 0 Å². The molecular weight excluding hydrogens is 100 g/mol. The molecule has 0 saturated carbocycles. The molecular formula is C3H12O4. The second-order valence-corrected chi connectivity index (χ2v) is 0.801. The van der Waals surface area contributed by atoms with Crippen LogP contribution in [0.25, 0.3) is 0 Å². The Labute approximate surface area is 42.0 Å². The van der Waals surface area contributed by atoms with Gasteiger partial charge in [0.2, 0.25) is 0 Å². The molecule has 0 radical (unpaired) electrons. The molecule has 0 atom stereocenters. The highest BCUT2D eigenvalue weighted by Gasteiger charge is 1.70. The van der Waals surface area contributed by atoms with E-state index >= 15 is 0 Å². The van der Waals surface area contributed by atoms with Crippen molar-refractivity contribution in [2.75, 3.05) is 13.2 Å². The average molecular weight is 112 g/mol. The van der Waals surface area contributed by atoms with Crippen LogP contribution in [0.5, 0.6) is 0 Å². The van der Waals surface area contributed by atoms with Gasteiger partial charge in [0.15, 0.2) is 0 Å². The maximum Gasteiger partial charge on any atom is 0.0452 e. The Morgan fingerprint density at radius 3 is 1.14 bits per heavy atom. The molecule has 0 bridgehead atoms. The highest BCUT2D eigenvalue weighted by atomic mass is 16.3. The van der Waals surface area contributed by atoms with Crippen LogP contribution < -0.4 is 0 Å². The fourth-order valence-electron chi connectivity index (χ4n) is 0.0707. The van der Waals surface area contributed by atoms with E-state index in [1.54, 1.807) is 0 Å². The lowest BCUT2D eigenvalue weighted by atomic mass is 10.5. The monoisotopic (exact) mass is 112 g/mol. The van der Waals surface area contributed by atoms with Gasteiger partial charge in [-0.2, -0.15) is 0 Å². The van der Waals surface area contributed by atoms with Crippen LogP contribution in [0, 0.1) is 0 Å². The maximum atomic E-state index is 7.91. The fraction of sp³-hybridized carbons (Fsp3) is 1.00. The Hall–Kier alpha value is -0.160. The van der Waals surface area contributed by atoms with Crippen LogP contribution in [-0.4, -0.2) is 34.4 Å². The molecule has 0 aromatic carbocycles. The minimum atomic E-state index is 0. The first kappa shape index (κ1) is 15.8. The summed E-state index contributed by atoms with van der Waals surface area (Å²) in [6, 6.07) is 0. The summed E-state index contributed by atoms with van der Waals surface area (Å²) >= 11 is 0. The van der Waals surface area contributed by atoms with Crippen LogP contribution in [0.4, 0.5) is 0 Å². The number of aliphatic hydroxyl groups excluding tert-OH is 2. The lowest BCUT2D eigenvalue weighted by Crippen LogP contribution is -1.85. The van der Waals surface area contributed by atoms with E-state index in [2.05, 4.69) is 0 Å². The topological polar surface area (TPSA) is 103 Å². The largest absolute Gasteiger partial charge is 0.412 e. The highest BCUT2D eigenvalue weighted by molar-refractivity contribution is 4.22. The summed E-state index contributed by atoms with van der Waals surface area (Å²) in [4.78, 5) is 0. The lowest BCUT2D eigenvalue weighted by molar-refractivity contribution is 0.221. The molecule has 0 unspecified atom stereocenters. The second kappa shape index (κ2) is 17.0. The van der Waals surface area contributed by atoms with E-state index in [4.69, 9.17) is 10.2 Å². The van der Waals surface area contributed by atoms with Gasteiger partial charge in [-0.1, -0.05) is 0 Å². The number of hydrogen-bond donors (Lipinski definition) is 2. The normalized spacial score (nSPS) is 6.00. The van der Waals surface area contributed by atoms with E-state index in [1.165, 1.54) is 0 Å². The molecule has 0 aromatic rings. The van der Waals surface area contributed by atoms with Crippen molar-refractivity contribution in [2.45, 2.75) is 6.42 Å². The third kappa shape index (κ3) is 25.4. The van der Waals surface area contributed by atoms with Crippen molar-refractivity contribution in [2.24, 2.45) is 0 Å². The second-order valence-electron chi connectivity index (χ2n) is 0.801. The van der Waals surface area contributed by atoms with E-state index < -0.39 is 0 Å². The summed E-state index contributed by atoms with van der Waals surface area (Å²) in [5, 5.41) is 15.8. The Bertz CT molecular complexity index is 14.4. The van der Waals surface area contributed by atoms with Crippen LogP contribution in [0.1, 0.15) is 6.42 Å². The minimum absolute atomic E-state index is 0. The van der Waals surface area contributed by atoms with Crippen molar-refractivity contribution in [1.29, 1.82) is 0 Å². The van der Waals surface area contributed by atoms with E-state index in [0.717, 1.165) is 0 Å². The molecule has 0 aliphatic rings. The predicted molar refractivity (Wildman–Crippen MR) is 26.0 cm³/mol. The van der Waals surface area contributed by atoms with Crippen LogP contribution in [0.3, 0.4) is 0 Å². The molecule has 0 spiro atoms. The minimum Gasteiger partial charge on any atom is -0.412 e. The van der Waals surface area contributed by atoms with Crippen molar-refractivity contribution in [3.63, 3.8) is 0 Å². The van der Waals surface area contributed by atoms with Gasteiger partial charge in [0, 0.05) is 13.2 Å². The summed E-state index contributed by atoms with van der Waals surface area (Å²) in [5.74, 6) is 0. The van der Waals surface area contributed by atoms with Crippen LogP contribution in [-0.2, 0) is 0 Å². The molecule has 0 aromatic heterocycles. The van der Waals surface area contributed by atoms with E-state index in [0.29, 0.717) is 6.42 Å². The Morgan fingerprint density at radius 2 is 1.14 bits per heavy atom. The van der Waals surface area contributed by atoms with Gasteiger partial charge in [0.25, 0.3) is 0 Å². The van der Waals surface area contributed by atoms with Crippen molar-refractivity contribution in [1.82, 2.24) is 0 Å². The van der Waals surface area contributed by atoms with Gasteiger partial charge in [-0.15, -0.1) is 0 Å². The quantitative estimate of drug-likeness (QED) is 0.420. The summed E-state index contributed by atoms with van der Waals surface area (Å²) < 4.78 is 0. The van der Waals surface area contributed by atoms with Crippen LogP contribution in [0.2, 0.25) is 0 Å². The smallest absolute Gasteiger partial charge is 0.0452 e. The summed E-state index contributed by atoms with van der Waals surface area (Å²) in [5.41, 5.74) is 0. The standard InChI is InChI=1S/C3H8O2.2H2O/c4-2-1-3-5;;/h4-5H,1-3H2;2*1H2. The highest BCUT2D eigenvalue weighted by Crippen LogP contribution is 1.65. The fourth-order valence-corrected chi connectivity index (χ4v) is 0.0707. The zero-order chi connectivity index (χ0) is 4.12. The molecule has 48 valence electrons. The summed E-state index contributed by atoms with van der Waals surface area (Å²) in [7, 11) is 0. The maximum absolute atomic E-state index is 7.91. The molecule has 0 fully saturated rings. The third-order valence-electron chi connectivity index (χ3n) is 0.316. The van der Waals surface area contributed by atoms with E-state index in [-0.39, 0.29) is 24.2 Å². The molecule has 0 heterocycles. The number of rotatable bonds is 2. The average Bonchev–Trinajstić information content (AvgIpc) is 1.41. The van der Waals surface area contributed by atoms with Gasteiger partial charge in [-0.05, 0) is 6.42 Å². The first-order chi connectivity index (χ1) is 2.41. The lowest BCUT2D eigenvalue weighted by Gasteiger charge is -1.79. The van der Waals surface area contributed by atoms with Gasteiger partial charge in [-0.3, -0.25) is 0 Å². The summed E-state index contributed by atoms with van der Waals surface area (Å²) in [6.45, 7) is 0.188. The molecule has 0 aliphatic heterocycles. The van der Waals surface area contributed by atoms with Gasteiger partial charge in [-0.25, -0.2) is 0 Å². The SMILES string of the molecule is O.O.OCCCO. The zero-order valence-electron chi connectivity index (χ0n) is 4.02. The zero-order valence-corrected chi connectivity index (χ0v) is 4.02. The van der Waals surface area contributed by atoms with Crippen molar-refractivity contribution >= 4 is 0 Å². The molecule has 0 rings (SSSR count). The molecule has 0 amide bonds. The Balaban J connectivity index is -0.0000000800. The van der Waals surface area contributed by atoms with Gasteiger partial charge in [0.1, 0.15) is 0 Å². The van der Waals surface area contributed by atoms with E-state index in [1.807, 2.05) is 0 Å². The molecule has 7 heavy (non-hydrogen) atoms. The predicted octanol–water partition coefficient (Wildman–Crippen LogP) is -2.29. The first-order valence-corrected chi connectivity index (χ1v) is 1.63. The van der Waals surface area contributed by atoms with E-state index in [9.17, 15) is 0 Å². The molecule has 0 aliphatic carbocycles. The van der Waals surface area contributed by atoms with Gasteiger partial charge in [0.05, 0.1) is 0 Å². The van der Waals surface area contributed by atoms with Crippen LogP contribution >= 0.6 is 0 Å². The van der Waals surface area contributed by atoms with Crippen molar-refractivity contribution < 1.29 is 21.2 Å². The van der Waals surface area contributed by atoms with Gasteiger partial charge >= 0.3 is 0 Å². The van der Waals surface area contributed by atoms with Gasteiger partial charge < -0.3 is 21.2 Å². The molecule has 4 nitrogen and oxygen atoms in total. The third-order valence-corrected chi connectivity index (χ3v) is 0.316. The molecule has 0 saturated heterocycles.